The fourth-order valence-corrected chi connectivity index (χ4v) is 0.652. The van der Waals surface area contributed by atoms with Gasteiger partial charge in [-0.3, -0.25) is 0 Å². The highest BCUT2D eigenvalue weighted by Crippen LogP contribution is 1.92. The quantitative estimate of drug-likeness (QED) is 0.407. The van der Waals surface area contributed by atoms with Crippen LogP contribution in [0.1, 0.15) is 5.69 Å². The van der Waals surface area contributed by atoms with Crippen molar-refractivity contribution in [3.8, 4) is 0 Å². The van der Waals surface area contributed by atoms with E-state index in [1.807, 2.05) is 0 Å². The van der Waals surface area contributed by atoms with Crippen LogP contribution in [-0.2, 0) is 0 Å². The summed E-state index contributed by atoms with van der Waals surface area (Å²) in [7, 11) is 0. The number of H-pyrrole nitrogens is 1. The van der Waals surface area contributed by atoms with Gasteiger partial charge in [-0.2, -0.15) is 4.73 Å². The highest BCUT2D eigenvalue weighted by atomic mass is 32.1. The Bertz CT molecular complexity index is 236. The summed E-state index contributed by atoms with van der Waals surface area (Å²) >= 11 is 4.63. The zero-order chi connectivity index (χ0) is 6.15. The molecule has 4 heteroatoms. The van der Waals surface area contributed by atoms with Gasteiger partial charge in [0, 0.05) is 6.20 Å². The molecule has 1 rings (SSSR count). The van der Waals surface area contributed by atoms with Crippen molar-refractivity contribution in [3.63, 3.8) is 0 Å². The van der Waals surface area contributed by atoms with E-state index in [0.29, 0.717) is 4.77 Å². The van der Waals surface area contributed by atoms with E-state index in [-0.39, 0.29) is 0 Å². The summed E-state index contributed by atoms with van der Waals surface area (Å²) in [5.41, 5.74) is 0.718. The molecule has 0 aliphatic rings. The molecule has 0 spiro atoms. The zero-order valence-electron chi connectivity index (χ0n) is 4.38. The van der Waals surface area contributed by atoms with Gasteiger partial charge in [-0.05, 0) is 19.1 Å². The van der Waals surface area contributed by atoms with Gasteiger partial charge in [-0.25, -0.2) is 0 Å². The number of aryl methyl sites for hydroxylation is 1. The molecule has 1 aromatic heterocycles. The Labute approximate surface area is 51.5 Å². The van der Waals surface area contributed by atoms with Crippen LogP contribution in [0.4, 0.5) is 0 Å². The molecule has 1 aromatic rings. The molecule has 3 nitrogen and oxygen atoms in total. The van der Waals surface area contributed by atoms with Gasteiger partial charge < -0.3 is 10.2 Å². The lowest BCUT2D eigenvalue weighted by molar-refractivity contribution is 0.175. The minimum Gasteiger partial charge on any atom is -0.426 e. The fraction of sp³-hybridized carbons (Fsp3) is 0.250. The van der Waals surface area contributed by atoms with Gasteiger partial charge in [0.1, 0.15) is 0 Å². The summed E-state index contributed by atoms with van der Waals surface area (Å²) in [6, 6.07) is 0. The topological polar surface area (TPSA) is 41.0 Å². The van der Waals surface area contributed by atoms with Crippen molar-refractivity contribution < 1.29 is 5.21 Å². The van der Waals surface area contributed by atoms with Crippen molar-refractivity contribution in [3.05, 3.63) is 16.7 Å². The van der Waals surface area contributed by atoms with Crippen molar-refractivity contribution >= 4 is 12.2 Å². The highest BCUT2D eigenvalue weighted by molar-refractivity contribution is 7.71. The molecule has 0 bridgehead atoms. The molecule has 2 N–H and O–H groups in total. The second kappa shape index (κ2) is 1.63. The Morgan fingerprint density at radius 2 is 2.50 bits per heavy atom. The number of rotatable bonds is 0. The second-order valence-electron chi connectivity index (χ2n) is 1.55. The molecular weight excluding hydrogens is 124 g/mol. The molecule has 0 saturated heterocycles. The van der Waals surface area contributed by atoms with Gasteiger partial charge in [-0.15, -0.1) is 0 Å². The molecule has 0 aromatic carbocycles. The average molecular weight is 130 g/mol. The van der Waals surface area contributed by atoms with E-state index in [9.17, 15) is 0 Å². The van der Waals surface area contributed by atoms with Crippen LogP contribution in [0.25, 0.3) is 0 Å². The fourth-order valence-electron chi connectivity index (χ4n) is 0.449. The molecule has 0 aliphatic carbocycles. The van der Waals surface area contributed by atoms with Gasteiger partial charge in [0.05, 0.1) is 5.69 Å². The first-order valence-corrected chi connectivity index (χ1v) is 2.59. The molecule has 0 amide bonds. The van der Waals surface area contributed by atoms with Gasteiger partial charge in [0.2, 0.25) is 4.77 Å². The lowest BCUT2D eigenvalue weighted by Crippen LogP contribution is -1.90. The third-order valence-corrected chi connectivity index (χ3v) is 1.22. The highest BCUT2D eigenvalue weighted by Gasteiger charge is 1.90. The lowest BCUT2D eigenvalue weighted by Gasteiger charge is -1.87. The summed E-state index contributed by atoms with van der Waals surface area (Å²) < 4.78 is 1.26. The van der Waals surface area contributed by atoms with Crippen molar-refractivity contribution in [1.82, 2.24) is 9.71 Å². The normalized spacial score (nSPS) is 9.62. The number of aromatic amines is 1. The maximum Gasteiger partial charge on any atom is 0.211 e. The van der Waals surface area contributed by atoms with E-state index >= 15 is 0 Å². The smallest absolute Gasteiger partial charge is 0.211 e. The lowest BCUT2D eigenvalue weighted by atomic mass is 10.6. The van der Waals surface area contributed by atoms with Gasteiger partial charge in [0.15, 0.2) is 0 Å². The van der Waals surface area contributed by atoms with Gasteiger partial charge in [-0.1, -0.05) is 0 Å². The SMILES string of the molecule is Cc1c[nH]c(=S)n1O. The molecule has 0 fully saturated rings. The van der Waals surface area contributed by atoms with E-state index in [1.54, 1.807) is 13.1 Å². The standard InChI is InChI=1S/C4H6N2OS/c1-3-2-5-4(8)6(3)7/h2,7H,1H3,(H,5,8). The number of nitrogens with zero attached hydrogens (tertiary/aromatic N) is 1. The van der Waals surface area contributed by atoms with E-state index in [2.05, 4.69) is 17.2 Å². The molecule has 0 atom stereocenters. The number of hydrogen-bond donors (Lipinski definition) is 2. The first-order chi connectivity index (χ1) is 3.72. The van der Waals surface area contributed by atoms with Crippen LogP contribution in [0.5, 0.6) is 0 Å². The number of imidazole rings is 1. The van der Waals surface area contributed by atoms with Crippen LogP contribution >= 0.6 is 12.2 Å². The van der Waals surface area contributed by atoms with Crippen molar-refractivity contribution in [2.75, 3.05) is 0 Å². The summed E-state index contributed by atoms with van der Waals surface area (Å²) in [5, 5.41) is 8.83. The van der Waals surface area contributed by atoms with E-state index in [1.165, 1.54) is 0 Å². The summed E-state index contributed by atoms with van der Waals surface area (Å²) in [6.07, 6.45) is 1.64. The number of nitrogens with one attached hydrogen (secondary N) is 1. The van der Waals surface area contributed by atoms with Crippen LogP contribution in [-0.4, -0.2) is 14.9 Å². The number of aromatic nitrogens is 2. The largest absolute Gasteiger partial charge is 0.426 e. The van der Waals surface area contributed by atoms with Crippen molar-refractivity contribution in [2.45, 2.75) is 6.92 Å². The average Bonchev–Trinajstić information content (AvgIpc) is 1.98. The van der Waals surface area contributed by atoms with Crippen LogP contribution in [0.15, 0.2) is 6.20 Å². The van der Waals surface area contributed by atoms with Gasteiger partial charge >= 0.3 is 0 Å². The van der Waals surface area contributed by atoms with Crippen LogP contribution in [0.3, 0.4) is 0 Å². The molecule has 0 radical (unpaired) electrons. The van der Waals surface area contributed by atoms with Crippen molar-refractivity contribution in [1.29, 1.82) is 0 Å². The molecule has 0 unspecified atom stereocenters. The molecule has 8 heavy (non-hydrogen) atoms. The van der Waals surface area contributed by atoms with Crippen LogP contribution in [0, 0.1) is 11.7 Å². The molecular formula is C4H6N2OS. The Hall–Kier alpha value is -0.770. The van der Waals surface area contributed by atoms with Gasteiger partial charge in [0.25, 0.3) is 0 Å². The zero-order valence-corrected chi connectivity index (χ0v) is 5.20. The molecule has 1 heterocycles. The minimum atomic E-state index is 0.336. The Morgan fingerprint density at radius 3 is 2.62 bits per heavy atom. The Balaban J connectivity index is 3.41. The first kappa shape index (κ1) is 5.37. The molecule has 44 valence electrons. The van der Waals surface area contributed by atoms with Crippen LogP contribution in [0.2, 0.25) is 0 Å². The predicted octanol–water partition coefficient (Wildman–Crippen LogP) is 1.09. The van der Waals surface area contributed by atoms with E-state index in [0.717, 1.165) is 10.4 Å². The summed E-state index contributed by atoms with van der Waals surface area (Å²) in [4.78, 5) is 2.66. The van der Waals surface area contributed by atoms with Crippen molar-refractivity contribution in [2.24, 2.45) is 0 Å². The third-order valence-electron chi connectivity index (χ3n) is 0.931. The maximum atomic E-state index is 8.83. The Morgan fingerprint density at radius 1 is 1.88 bits per heavy atom. The predicted molar refractivity (Wildman–Crippen MR) is 31.5 cm³/mol. The maximum absolute atomic E-state index is 8.83. The van der Waals surface area contributed by atoms with E-state index < -0.39 is 0 Å². The first-order valence-electron chi connectivity index (χ1n) is 2.18. The third kappa shape index (κ3) is 0.626. The summed E-state index contributed by atoms with van der Waals surface area (Å²) in [6.45, 7) is 1.76. The number of hydrogen-bond acceptors (Lipinski definition) is 2. The van der Waals surface area contributed by atoms with Crippen LogP contribution < -0.4 is 0 Å². The molecule has 0 aliphatic heterocycles. The summed E-state index contributed by atoms with van der Waals surface area (Å²) in [5.74, 6) is 0. The Kier molecular flexibility index (Phi) is 1.09. The second-order valence-corrected chi connectivity index (χ2v) is 1.93. The minimum absolute atomic E-state index is 0.336. The molecule has 0 saturated carbocycles. The van der Waals surface area contributed by atoms with E-state index in [4.69, 9.17) is 5.21 Å². The monoisotopic (exact) mass is 130 g/mol.